The lowest BCUT2D eigenvalue weighted by atomic mass is 10.2. The zero-order valence-electron chi connectivity index (χ0n) is 13.6. The van der Waals surface area contributed by atoms with Crippen molar-refractivity contribution in [2.75, 3.05) is 20.0 Å². The molecule has 7 nitrogen and oxygen atoms in total. The number of nitrogens with zero attached hydrogens (tertiary/aromatic N) is 2. The number of amides is 1. The molecular weight excluding hydrogens is 340 g/mol. The van der Waals surface area contributed by atoms with Crippen LogP contribution in [0, 0.1) is 0 Å². The van der Waals surface area contributed by atoms with Gasteiger partial charge in [-0.15, -0.1) is 0 Å². The molecule has 0 radical (unpaired) electrons. The van der Waals surface area contributed by atoms with Crippen molar-refractivity contribution in [1.29, 1.82) is 0 Å². The quantitative estimate of drug-likeness (QED) is 0.541. The summed E-state index contributed by atoms with van der Waals surface area (Å²) >= 11 is 1.33. The number of nitrogens with one attached hydrogen (secondary N) is 1. The van der Waals surface area contributed by atoms with Gasteiger partial charge in [-0.25, -0.2) is 10.4 Å². The Labute approximate surface area is 148 Å². The maximum atomic E-state index is 12.2. The minimum Gasteiger partial charge on any atom is -0.497 e. The molecule has 0 aliphatic carbocycles. The predicted octanol–water partition coefficient (Wildman–Crippen LogP) is 2.66. The number of hydrogen-bond acceptors (Lipinski definition) is 7. The van der Waals surface area contributed by atoms with Crippen molar-refractivity contribution in [3.05, 3.63) is 47.5 Å². The normalized spacial score (nSPS) is 11.0. The van der Waals surface area contributed by atoms with E-state index in [0.29, 0.717) is 27.8 Å². The number of aromatic nitrogens is 1. The van der Waals surface area contributed by atoms with Gasteiger partial charge in [0.25, 0.3) is 5.91 Å². The summed E-state index contributed by atoms with van der Waals surface area (Å²) in [5.74, 6) is 0.967. The maximum absolute atomic E-state index is 12.2. The highest BCUT2D eigenvalue weighted by Crippen LogP contribution is 2.25. The molecule has 3 aromatic rings. The van der Waals surface area contributed by atoms with Gasteiger partial charge in [-0.2, -0.15) is 5.10 Å². The monoisotopic (exact) mass is 356 g/mol. The number of carbonyl (C=O) groups is 1. The fourth-order valence-electron chi connectivity index (χ4n) is 2.25. The van der Waals surface area contributed by atoms with Gasteiger partial charge in [-0.1, -0.05) is 11.3 Å². The number of thiazole rings is 1. The Morgan fingerprint density at radius 3 is 2.84 bits per heavy atom. The van der Waals surface area contributed by atoms with Crippen LogP contribution >= 0.6 is 11.3 Å². The number of fused-ring (bicyclic) bond motifs is 1. The van der Waals surface area contributed by atoms with Gasteiger partial charge >= 0.3 is 0 Å². The minimum absolute atomic E-state index is 0.327. The molecule has 25 heavy (non-hydrogen) atoms. The molecule has 1 heterocycles. The highest BCUT2D eigenvalue weighted by atomic mass is 32.1. The topological polar surface area (TPSA) is 98.8 Å². The van der Waals surface area contributed by atoms with Gasteiger partial charge in [0.15, 0.2) is 5.13 Å². The summed E-state index contributed by atoms with van der Waals surface area (Å²) in [7, 11) is 3.14. The van der Waals surface area contributed by atoms with Crippen LogP contribution in [0.1, 0.15) is 15.9 Å². The zero-order valence-corrected chi connectivity index (χ0v) is 14.5. The van der Waals surface area contributed by atoms with Crippen molar-refractivity contribution >= 4 is 38.8 Å². The Hall–Kier alpha value is -3.13. The molecule has 0 spiro atoms. The van der Waals surface area contributed by atoms with Crippen molar-refractivity contribution in [3.63, 3.8) is 0 Å². The van der Waals surface area contributed by atoms with Crippen LogP contribution in [0.3, 0.4) is 0 Å². The molecule has 128 valence electrons. The number of hydrazone groups is 1. The van der Waals surface area contributed by atoms with E-state index < -0.39 is 0 Å². The number of nitrogens with two attached hydrogens (primary N) is 1. The van der Waals surface area contributed by atoms with Crippen molar-refractivity contribution in [3.8, 4) is 11.5 Å². The molecule has 0 aliphatic rings. The third kappa shape index (κ3) is 3.69. The Morgan fingerprint density at radius 1 is 1.24 bits per heavy atom. The van der Waals surface area contributed by atoms with E-state index in [2.05, 4.69) is 15.5 Å². The van der Waals surface area contributed by atoms with Gasteiger partial charge in [0.05, 0.1) is 30.7 Å². The Bertz CT molecular complexity index is 952. The fraction of sp³-hybridized carbons (Fsp3) is 0.118. The van der Waals surface area contributed by atoms with Crippen molar-refractivity contribution in [2.24, 2.45) is 5.10 Å². The first-order valence-electron chi connectivity index (χ1n) is 7.32. The molecule has 0 atom stereocenters. The number of rotatable bonds is 5. The predicted molar refractivity (Wildman–Crippen MR) is 98.6 cm³/mol. The first-order valence-corrected chi connectivity index (χ1v) is 8.14. The van der Waals surface area contributed by atoms with E-state index in [0.717, 1.165) is 10.2 Å². The molecule has 3 N–H and O–H groups in total. The number of ether oxygens (including phenoxy) is 2. The minimum atomic E-state index is -0.327. The molecule has 0 fully saturated rings. The summed E-state index contributed by atoms with van der Waals surface area (Å²) < 4.78 is 11.3. The Kier molecular flexibility index (Phi) is 4.80. The van der Waals surface area contributed by atoms with Crippen molar-refractivity contribution in [1.82, 2.24) is 10.4 Å². The number of methoxy groups -OCH3 is 2. The van der Waals surface area contributed by atoms with Crippen LogP contribution in [-0.2, 0) is 0 Å². The number of hydrogen-bond donors (Lipinski definition) is 2. The Balaban J connectivity index is 1.75. The molecular formula is C17H16N4O3S. The molecule has 0 saturated heterocycles. The molecule has 2 aromatic carbocycles. The summed E-state index contributed by atoms with van der Waals surface area (Å²) in [6.07, 6.45) is 1.50. The smallest absolute Gasteiger partial charge is 0.271 e. The van der Waals surface area contributed by atoms with Crippen LogP contribution in [0.15, 0.2) is 41.5 Å². The summed E-state index contributed by atoms with van der Waals surface area (Å²) in [5, 5.41) is 4.46. The largest absolute Gasteiger partial charge is 0.497 e. The lowest BCUT2D eigenvalue weighted by Crippen LogP contribution is -2.17. The van der Waals surface area contributed by atoms with Gasteiger partial charge in [0.1, 0.15) is 11.5 Å². The van der Waals surface area contributed by atoms with Crippen molar-refractivity contribution in [2.45, 2.75) is 0 Å². The molecule has 3 rings (SSSR count). The molecule has 1 aromatic heterocycles. The average Bonchev–Trinajstić information content (AvgIpc) is 3.00. The van der Waals surface area contributed by atoms with Crippen LogP contribution in [0.5, 0.6) is 11.5 Å². The van der Waals surface area contributed by atoms with E-state index in [-0.39, 0.29) is 5.91 Å². The van der Waals surface area contributed by atoms with Gasteiger partial charge in [-0.3, -0.25) is 4.79 Å². The number of anilines is 1. The standard InChI is InChI=1S/C17H16N4O3S/c1-23-12-4-6-14(24-2)11(7-12)9-19-21-16(22)10-3-5-13-15(8-10)25-17(18)20-13/h3-9H,1-2H3,(H2,18,20)(H,21,22)/b19-9-. The van der Waals surface area contributed by atoms with E-state index in [4.69, 9.17) is 15.2 Å². The molecule has 0 unspecified atom stereocenters. The molecule has 0 aliphatic heterocycles. The first kappa shape index (κ1) is 16.7. The van der Waals surface area contributed by atoms with E-state index in [1.165, 1.54) is 17.6 Å². The van der Waals surface area contributed by atoms with Gasteiger partial charge in [0, 0.05) is 11.1 Å². The molecule has 8 heteroatoms. The van der Waals surface area contributed by atoms with Gasteiger partial charge in [-0.05, 0) is 36.4 Å². The van der Waals surface area contributed by atoms with Crippen LogP contribution in [0.25, 0.3) is 10.2 Å². The number of carbonyl (C=O) groups excluding carboxylic acids is 1. The highest BCUT2D eigenvalue weighted by molar-refractivity contribution is 7.22. The molecule has 1 amide bonds. The van der Waals surface area contributed by atoms with Crippen LogP contribution in [-0.4, -0.2) is 31.3 Å². The maximum Gasteiger partial charge on any atom is 0.271 e. The lowest BCUT2D eigenvalue weighted by molar-refractivity contribution is 0.0955. The summed E-state index contributed by atoms with van der Waals surface area (Å²) in [5.41, 5.74) is 10.1. The SMILES string of the molecule is COc1ccc(OC)c(/C=N\NC(=O)c2ccc3nc(N)sc3c2)c1. The second kappa shape index (κ2) is 7.18. The van der Waals surface area contributed by atoms with Crippen molar-refractivity contribution < 1.29 is 14.3 Å². The van der Waals surface area contributed by atoms with Crippen LogP contribution < -0.4 is 20.6 Å². The number of nitrogen functional groups attached to an aromatic ring is 1. The second-order valence-electron chi connectivity index (χ2n) is 5.04. The van der Waals surface area contributed by atoms with E-state index >= 15 is 0 Å². The Morgan fingerprint density at radius 2 is 2.08 bits per heavy atom. The summed E-state index contributed by atoms with van der Waals surface area (Å²) in [6, 6.07) is 10.5. The third-order valence-corrected chi connectivity index (χ3v) is 4.32. The summed E-state index contributed by atoms with van der Waals surface area (Å²) in [6.45, 7) is 0. The van der Waals surface area contributed by atoms with Crippen LogP contribution in [0.4, 0.5) is 5.13 Å². The van der Waals surface area contributed by atoms with E-state index in [9.17, 15) is 4.79 Å². The second-order valence-corrected chi connectivity index (χ2v) is 6.10. The molecule has 0 bridgehead atoms. The number of benzene rings is 2. The summed E-state index contributed by atoms with van der Waals surface area (Å²) in [4.78, 5) is 16.4. The van der Waals surface area contributed by atoms with Crippen LogP contribution in [0.2, 0.25) is 0 Å². The molecule has 0 saturated carbocycles. The van der Waals surface area contributed by atoms with E-state index in [1.54, 1.807) is 50.6 Å². The highest BCUT2D eigenvalue weighted by Gasteiger charge is 2.08. The lowest BCUT2D eigenvalue weighted by Gasteiger charge is -2.06. The zero-order chi connectivity index (χ0) is 17.8. The third-order valence-electron chi connectivity index (χ3n) is 3.47. The first-order chi connectivity index (χ1) is 12.1. The van der Waals surface area contributed by atoms with Gasteiger partial charge < -0.3 is 15.2 Å². The van der Waals surface area contributed by atoms with Gasteiger partial charge in [0.2, 0.25) is 0 Å². The fourth-order valence-corrected chi connectivity index (χ4v) is 3.02. The average molecular weight is 356 g/mol. The van der Waals surface area contributed by atoms with E-state index in [1.807, 2.05) is 0 Å².